The highest BCUT2D eigenvalue weighted by atomic mass is 16.6. The van der Waals surface area contributed by atoms with Crippen molar-refractivity contribution in [2.75, 3.05) is 0 Å². The van der Waals surface area contributed by atoms with Crippen molar-refractivity contribution in [3.63, 3.8) is 0 Å². The van der Waals surface area contributed by atoms with E-state index in [1.54, 1.807) is 6.07 Å². The molecule has 0 radical (unpaired) electrons. The van der Waals surface area contributed by atoms with Crippen LogP contribution in [-0.4, -0.2) is 36.2 Å². The molecule has 0 bridgehead atoms. The van der Waals surface area contributed by atoms with E-state index >= 15 is 0 Å². The first-order valence-corrected chi connectivity index (χ1v) is 6.21. The summed E-state index contributed by atoms with van der Waals surface area (Å²) in [6.45, 7) is 0. The molecule has 1 heterocycles. The Morgan fingerprint density at radius 3 is 2.38 bits per heavy atom. The molecular weight excluding hydrogens is 320 g/mol. The number of aromatic carboxylic acids is 1. The van der Waals surface area contributed by atoms with Gasteiger partial charge in [0.1, 0.15) is 6.07 Å². The third-order valence-corrected chi connectivity index (χ3v) is 2.87. The fourth-order valence-corrected chi connectivity index (χ4v) is 1.76. The zero-order chi connectivity index (χ0) is 17.9. The number of allylic oxidation sites excluding steroid dienone is 1. The number of nitriles is 1. The van der Waals surface area contributed by atoms with Gasteiger partial charge >= 0.3 is 11.7 Å². The van der Waals surface area contributed by atoms with Crippen LogP contribution in [-0.2, 0) is 0 Å². The molecule has 10 nitrogen and oxygen atoms in total. The number of benzene rings is 1. The lowest BCUT2D eigenvalue weighted by Crippen LogP contribution is -2.02. The Morgan fingerprint density at radius 1 is 1.25 bits per heavy atom. The van der Waals surface area contributed by atoms with E-state index in [9.17, 15) is 30.4 Å². The molecule has 0 aliphatic heterocycles. The second-order valence-electron chi connectivity index (χ2n) is 4.43. The van der Waals surface area contributed by atoms with Crippen molar-refractivity contribution in [1.29, 1.82) is 5.26 Å². The third kappa shape index (κ3) is 3.25. The minimum Gasteiger partial charge on any atom is -0.504 e. The SMILES string of the molecule is N#C/C(=C\c1cc(O)c(O)c([N+](=O)[O-])c1)c1cnc(C(=O)O)cn1. The molecule has 24 heavy (non-hydrogen) atoms. The van der Waals surface area contributed by atoms with Gasteiger partial charge in [-0.15, -0.1) is 0 Å². The molecule has 0 aliphatic rings. The molecule has 0 aliphatic carbocycles. The first kappa shape index (κ1) is 16.4. The number of carboxylic acid groups (broad SMARTS) is 1. The number of aromatic nitrogens is 2. The van der Waals surface area contributed by atoms with E-state index in [4.69, 9.17) is 5.11 Å². The maximum atomic E-state index is 10.8. The highest BCUT2D eigenvalue weighted by molar-refractivity contribution is 5.89. The molecule has 0 atom stereocenters. The molecule has 1 aromatic carbocycles. The zero-order valence-corrected chi connectivity index (χ0v) is 11.7. The molecule has 0 saturated heterocycles. The highest BCUT2D eigenvalue weighted by Gasteiger charge is 2.18. The van der Waals surface area contributed by atoms with Crippen LogP contribution in [0.3, 0.4) is 0 Å². The summed E-state index contributed by atoms with van der Waals surface area (Å²) in [4.78, 5) is 28.1. The number of carboxylic acids is 1. The van der Waals surface area contributed by atoms with Crippen LogP contribution >= 0.6 is 0 Å². The van der Waals surface area contributed by atoms with Gasteiger partial charge in [0.15, 0.2) is 11.4 Å². The average Bonchev–Trinajstić information content (AvgIpc) is 2.55. The van der Waals surface area contributed by atoms with E-state index in [0.717, 1.165) is 24.5 Å². The Kier molecular flexibility index (Phi) is 4.37. The summed E-state index contributed by atoms with van der Waals surface area (Å²) in [7, 11) is 0. The van der Waals surface area contributed by atoms with E-state index in [1.165, 1.54) is 6.08 Å². The Labute approximate surface area is 133 Å². The van der Waals surface area contributed by atoms with Gasteiger partial charge in [0.2, 0.25) is 5.75 Å². The smallest absolute Gasteiger partial charge is 0.356 e. The molecule has 1 aromatic heterocycles. The molecule has 2 aromatic rings. The number of phenolic OH excluding ortho intramolecular Hbond substituents is 2. The predicted octanol–water partition coefficient (Wildman–Crippen LogP) is 1.56. The van der Waals surface area contributed by atoms with Gasteiger partial charge in [-0.2, -0.15) is 5.26 Å². The van der Waals surface area contributed by atoms with Crippen LogP contribution in [0.15, 0.2) is 24.5 Å². The Bertz CT molecular complexity index is 899. The number of nitrogens with zero attached hydrogens (tertiary/aromatic N) is 4. The molecule has 0 fully saturated rings. The van der Waals surface area contributed by atoms with Crippen LogP contribution in [0, 0.1) is 21.4 Å². The highest BCUT2D eigenvalue weighted by Crippen LogP contribution is 2.36. The fraction of sp³-hybridized carbons (Fsp3) is 0. The molecule has 0 amide bonds. The van der Waals surface area contributed by atoms with Crippen molar-refractivity contribution in [1.82, 2.24) is 9.97 Å². The van der Waals surface area contributed by atoms with Crippen LogP contribution in [0.4, 0.5) is 5.69 Å². The summed E-state index contributed by atoms with van der Waals surface area (Å²) in [5.74, 6) is -2.89. The van der Waals surface area contributed by atoms with Crippen molar-refractivity contribution in [2.24, 2.45) is 0 Å². The predicted molar refractivity (Wildman–Crippen MR) is 78.9 cm³/mol. The minimum atomic E-state index is -1.28. The van der Waals surface area contributed by atoms with Gasteiger partial charge in [0.25, 0.3) is 0 Å². The molecule has 10 heteroatoms. The summed E-state index contributed by atoms with van der Waals surface area (Å²) in [5.41, 5.74) is -1.01. The number of nitro benzene ring substituents is 1. The molecular formula is C14H8N4O6. The van der Waals surface area contributed by atoms with E-state index in [1.807, 2.05) is 0 Å². The summed E-state index contributed by atoms with van der Waals surface area (Å²) >= 11 is 0. The first-order valence-electron chi connectivity index (χ1n) is 6.21. The van der Waals surface area contributed by atoms with Gasteiger partial charge in [-0.25, -0.2) is 9.78 Å². The van der Waals surface area contributed by atoms with E-state index < -0.39 is 28.1 Å². The Hall–Kier alpha value is -4.00. The van der Waals surface area contributed by atoms with Crippen LogP contribution < -0.4 is 0 Å². The van der Waals surface area contributed by atoms with Crippen molar-refractivity contribution in [3.8, 4) is 17.6 Å². The van der Waals surface area contributed by atoms with Crippen LogP contribution in [0.25, 0.3) is 11.6 Å². The number of rotatable bonds is 4. The van der Waals surface area contributed by atoms with Crippen molar-refractivity contribution >= 4 is 23.3 Å². The molecule has 0 saturated carbocycles. The van der Waals surface area contributed by atoms with Gasteiger partial charge in [-0.3, -0.25) is 15.1 Å². The number of phenols is 2. The van der Waals surface area contributed by atoms with Crippen LogP contribution in [0.2, 0.25) is 0 Å². The summed E-state index contributed by atoms with van der Waals surface area (Å²) in [6, 6.07) is 3.79. The summed E-state index contributed by atoms with van der Waals surface area (Å²) < 4.78 is 0. The number of aromatic hydroxyl groups is 2. The number of hydrogen-bond acceptors (Lipinski definition) is 8. The van der Waals surface area contributed by atoms with Crippen molar-refractivity contribution < 1.29 is 25.0 Å². The quantitative estimate of drug-likeness (QED) is 0.326. The van der Waals surface area contributed by atoms with Gasteiger partial charge in [0, 0.05) is 6.07 Å². The standard InChI is InChI=1S/C14H8N4O6/c15-4-8(9-5-17-10(6-16-9)14(21)22)1-7-2-11(18(23)24)13(20)12(19)3-7/h1-3,5-6,19-20H,(H,21,22)/b8-1+. The van der Waals surface area contributed by atoms with Gasteiger partial charge in [0.05, 0.1) is 28.6 Å². The maximum Gasteiger partial charge on any atom is 0.356 e. The number of nitro groups is 1. The van der Waals surface area contributed by atoms with Crippen LogP contribution in [0.1, 0.15) is 21.7 Å². The van der Waals surface area contributed by atoms with Gasteiger partial charge in [-0.1, -0.05) is 0 Å². The van der Waals surface area contributed by atoms with E-state index in [0.29, 0.717) is 0 Å². The molecule has 0 spiro atoms. The minimum absolute atomic E-state index is 0.0396. The topological polar surface area (TPSA) is 170 Å². The van der Waals surface area contributed by atoms with Crippen molar-refractivity contribution in [3.05, 3.63) is 51.6 Å². The van der Waals surface area contributed by atoms with Crippen LogP contribution in [0.5, 0.6) is 11.5 Å². The fourth-order valence-electron chi connectivity index (χ4n) is 1.76. The molecule has 120 valence electrons. The Balaban J connectivity index is 2.50. The summed E-state index contributed by atoms with van der Waals surface area (Å²) in [5, 5.41) is 47.7. The third-order valence-electron chi connectivity index (χ3n) is 2.87. The van der Waals surface area contributed by atoms with E-state index in [-0.39, 0.29) is 22.5 Å². The van der Waals surface area contributed by atoms with Gasteiger partial charge < -0.3 is 15.3 Å². The van der Waals surface area contributed by atoms with Gasteiger partial charge in [-0.05, 0) is 17.7 Å². The van der Waals surface area contributed by atoms with E-state index in [2.05, 4.69) is 9.97 Å². The molecule has 2 rings (SSSR count). The monoisotopic (exact) mass is 328 g/mol. The normalized spacial score (nSPS) is 10.9. The average molecular weight is 328 g/mol. The first-order chi connectivity index (χ1) is 11.3. The largest absolute Gasteiger partial charge is 0.504 e. The number of hydrogen-bond donors (Lipinski definition) is 3. The van der Waals surface area contributed by atoms with Crippen molar-refractivity contribution in [2.45, 2.75) is 0 Å². The molecule has 3 N–H and O–H groups in total. The summed E-state index contributed by atoms with van der Waals surface area (Å²) in [6.07, 6.45) is 3.20. The second kappa shape index (κ2) is 6.41. The lowest BCUT2D eigenvalue weighted by Gasteiger charge is -2.03. The zero-order valence-electron chi connectivity index (χ0n) is 11.7. The second-order valence-corrected chi connectivity index (χ2v) is 4.43. The molecule has 0 unspecified atom stereocenters. The Morgan fingerprint density at radius 2 is 1.88 bits per heavy atom. The lowest BCUT2D eigenvalue weighted by atomic mass is 10.1. The lowest BCUT2D eigenvalue weighted by molar-refractivity contribution is -0.386. The maximum absolute atomic E-state index is 10.8. The number of carbonyl (C=O) groups is 1.